The maximum Gasteiger partial charge on any atom is 0.410 e. The van der Waals surface area contributed by atoms with Gasteiger partial charge < -0.3 is 9.29 Å². The van der Waals surface area contributed by atoms with Crippen molar-refractivity contribution in [3.05, 3.63) is 0 Å². The molecule has 134 valence electrons. The summed E-state index contributed by atoms with van der Waals surface area (Å²) in [5.41, 5.74) is -0.715. The fourth-order valence-corrected chi connectivity index (χ4v) is 2.50. The van der Waals surface area contributed by atoms with Crippen molar-refractivity contribution >= 4 is 23.7 Å². The molecular formula is C15H26F2N2O3S. The second-order valence-electron chi connectivity index (χ2n) is 7.67. The molecule has 0 aromatic carbocycles. The fraction of sp³-hybridized carbons (Fsp3) is 0.867. The number of hydrogen-bond acceptors (Lipinski definition) is 4. The second-order valence-corrected chi connectivity index (χ2v) is 9.60. The topological polar surface area (TPSA) is 65.0 Å². The summed E-state index contributed by atoms with van der Waals surface area (Å²) in [5, 5.41) is 0. The number of piperidine rings is 1. The lowest BCUT2D eigenvalue weighted by Crippen LogP contribution is -2.52. The number of nitrogens with zero attached hydrogens (tertiary/aromatic N) is 2. The minimum absolute atomic E-state index is 0.124. The Kier molecular flexibility index (Phi) is 6.07. The smallest absolute Gasteiger partial charge is 0.410 e. The molecule has 0 saturated carbocycles. The average molecular weight is 352 g/mol. The van der Waals surface area contributed by atoms with E-state index in [1.165, 1.54) is 11.1 Å². The van der Waals surface area contributed by atoms with Crippen molar-refractivity contribution in [1.82, 2.24) is 4.90 Å². The molecule has 0 aromatic heterocycles. The summed E-state index contributed by atoms with van der Waals surface area (Å²) in [4.78, 5) is 13.4. The van der Waals surface area contributed by atoms with Gasteiger partial charge >= 0.3 is 6.09 Å². The van der Waals surface area contributed by atoms with E-state index in [9.17, 15) is 18.1 Å². The van der Waals surface area contributed by atoms with Gasteiger partial charge in [0.15, 0.2) is 0 Å². The molecule has 0 aliphatic carbocycles. The van der Waals surface area contributed by atoms with Gasteiger partial charge in [-0.2, -0.15) is 0 Å². The molecule has 23 heavy (non-hydrogen) atoms. The summed E-state index contributed by atoms with van der Waals surface area (Å²) in [6.07, 6.45) is -0.431. The van der Waals surface area contributed by atoms with E-state index in [-0.39, 0.29) is 6.54 Å². The van der Waals surface area contributed by atoms with Crippen LogP contribution >= 0.6 is 0 Å². The number of amides is 1. The number of alkyl halides is 2. The number of ether oxygens (including phenoxy) is 1. The van der Waals surface area contributed by atoms with Gasteiger partial charge in [-0.25, -0.2) is 13.6 Å². The van der Waals surface area contributed by atoms with E-state index in [0.29, 0.717) is 0 Å². The van der Waals surface area contributed by atoms with Crippen LogP contribution < -0.4 is 0 Å². The van der Waals surface area contributed by atoms with Crippen molar-refractivity contribution in [2.45, 2.75) is 76.7 Å². The van der Waals surface area contributed by atoms with Crippen LogP contribution in [-0.2, 0) is 16.1 Å². The number of rotatable bonds is 2. The van der Waals surface area contributed by atoms with Gasteiger partial charge in [-0.3, -0.25) is 4.90 Å². The minimum Gasteiger partial charge on any atom is -0.591 e. The molecule has 0 aromatic rings. The third kappa shape index (κ3) is 6.63. The number of carbonyl (C=O) groups is 1. The van der Waals surface area contributed by atoms with E-state index < -0.39 is 52.6 Å². The molecule has 5 nitrogen and oxygen atoms in total. The Morgan fingerprint density at radius 3 is 2.39 bits per heavy atom. The molecule has 1 aliphatic heterocycles. The Balaban J connectivity index is 2.91. The highest BCUT2D eigenvalue weighted by atomic mass is 32.2. The number of likely N-dealkylation sites (tertiary alicyclic amines) is 1. The van der Waals surface area contributed by atoms with Gasteiger partial charge in [0.2, 0.25) is 0 Å². The standard InChI is InChI=1S/C15H26F2N2O3S/c1-13(2,3)22-12(20)19-8-7-15(16,17)9-11(19)10-18-23(21)14(4,5)6/h10-11H,7-9H2,1-6H3/b18-10+/t11-,23-/m1/s1. The van der Waals surface area contributed by atoms with Crippen LogP contribution in [0.5, 0.6) is 0 Å². The monoisotopic (exact) mass is 352 g/mol. The first-order chi connectivity index (χ1) is 10.2. The number of carbonyl (C=O) groups excluding carboxylic acids is 1. The minimum atomic E-state index is -2.88. The highest BCUT2D eigenvalue weighted by molar-refractivity contribution is 7.91. The highest BCUT2D eigenvalue weighted by Gasteiger charge is 2.43. The summed E-state index contributed by atoms with van der Waals surface area (Å²) in [6, 6.07) is -0.931. The van der Waals surface area contributed by atoms with Crippen LogP contribution in [0.15, 0.2) is 4.40 Å². The van der Waals surface area contributed by atoms with Crippen molar-refractivity contribution in [3.63, 3.8) is 0 Å². The molecule has 1 rings (SSSR count). The second kappa shape index (κ2) is 6.93. The molecule has 0 spiro atoms. The largest absolute Gasteiger partial charge is 0.591 e. The van der Waals surface area contributed by atoms with E-state index in [1.807, 2.05) is 0 Å². The molecule has 2 atom stereocenters. The first-order valence-corrected chi connectivity index (χ1v) is 8.66. The van der Waals surface area contributed by atoms with Crippen LogP contribution in [0.3, 0.4) is 0 Å². The van der Waals surface area contributed by atoms with Crippen molar-refractivity contribution < 1.29 is 22.9 Å². The Morgan fingerprint density at radius 1 is 1.35 bits per heavy atom. The molecule has 0 radical (unpaired) electrons. The summed E-state index contributed by atoms with van der Waals surface area (Å²) in [6.45, 7) is 10.2. The first-order valence-electron chi connectivity index (χ1n) is 7.55. The van der Waals surface area contributed by atoms with Crippen LogP contribution in [0.4, 0.5) is 13.6 Å². The Hall–Kier alpha value is -0.890. The van der Waals surface area contributed by atoms with Crippen LogP contribution in [0.2, 0.25) is 0 Å². The van der Waals surface area contributed by atoms with Crippen LogP contribution in [0, 0.1) is 0 Å². The van der Waals surface area contributed by atoms with Crippen molar-refractivity contribution in [1.29, 1.82) is 0 Å². The van der Waals surface area contributed by atoms with Gasteiger partial charge in [-0.15, -0.1) is 0 Å². The van der Waals surface area contributed by atoms with E-state index in [0.717, 1.165) is 0 Å². The molecule has 0 bridgehead atoms. The predicted octanol–water partition coefficient (Wildman–Crippen LogP) is 3.55. The molecule has 1 heterocycles. The van der Waals surface area contributed by atoms with Crippen LogP contribution in [0.1, 0.15) is 54.4 Å². The predicted molar refractivity (Wildman–Crippen MR) is 87.3 cm³/mol. The lowest BCUT2D eigenvalue weighted by Gasteiger charge is -2.37. The zero-order chi connectivity index (χ0) is 18.1. The lowest BCUT2D eigenvalue weighted by molar-refractivity contribution is -0.0676. The van der Waals surface area contributed by atoms with Crippen LogP contribution in [-0.4, -0.2) is 50.6 Å². The van der Waals surface area contributed by atoms with Gasteiger partial charge in [0.1, 0.15) is 21.7 Å². The number of hydrogen-bond donors (Lipinski definition) is 0. The van der Waals surface area contributed by atoms with E-state index >= 15 is 0 Å². The quantitative estimate of drug-likeness (QED) is 0.564. The van der Waals surface area contributed by atoms with Gasteiger partial charge in [0, 0.05) is 19.4 Å². The molecule has 1 saturated heterocycles. The van der Waals surface area contributed by atoms with Gasteiger partial charge in [0.05, 0.1) is 12.3 Å². The number of halogens is 2. The molecule has 0 unspecified atom stereocenters. The maximum absolute atomic E-state index is 13.7. The lowest BCUT2D eigenvalue weighted by atomic mass is 10.00. The Morgan fingerprint density at radius 2 is 1.91 bits per heavy atom. The Labute approximate surface area is 139 Å². The third-order valence-electron chi connectivity index (χ3n) is 3.11. The van der Waals surface area contributed by atoms with E-state index in [2.05, 4.69) is 4.40 Å². The molecule has 1 aliphatic rings. The molecular weight excluding hydrogens is 326 g/mol. The van der Waals surface area contributed by atoms with E-state index in [4.69, 9.17) is 4.74 Å². The fourth-order valence-electron chi connectivity index (χ4n) is 1.93. The zero-order valence-electron chi connectivity index (χ0n) is 14.6. The summed E-state index contributed by atoms with van der Waals surface area (Å²) in [5.74, 6) is -2.88. The maximum atomic E-state index is 13.7. The summed E-state index contributed by atoms with van der Waals surface area (Å²) < 4.78 is 47.8. The SMILES string of the molecule is CC(C)(C)OC(=O)N1CCC(F)(F)C[C@@H]1/C=N/[S@+]([O-])C(C)(C)C. The average Bonchev–Trinajstić information content (AvgIpc) is 2.31. The first kappa shape index (κ1) is 20.2. The molecule has 0 N–H and O–H groups in total. The van der Waals surface area contributed by atoms with E-state index in [1.54, 1.807) is 41.5 Å². The molecule has 1 amide bonds. The molecule has 1 fully saturated rings. The van der Waals surface area contributed by atoms with Crippen molar-refractivity contribution in [3.8, 4) is 0 Å². The Bertz CT molecular complexity index is 459. The van der Waals surface area contributed by atoms with Gasteiger partial charge in [-0.05, 0) is 41.5 Å². The zero-order valence-corrected chi connectivity index (χ0v) is 15.4. The van der Waals surface area contributed by atoms with Crippen molar-refractivity contribution in [2.24, 2.45) is 4.40 Å². The molecule has 8 heteroatoms. The van der Waals surface area contributed by atoms with Gasteiger partial charge in [0.25, 0.3) is 5.92 Å². The summed E-state index contributed by atoms with van der Waals surface area (Å²) in [7, 11) is 0. The summed E-state index contributed by atoms with van der Waals surface area (Å²) >= 11 is -1.57. The van der Waals surface area contributed by atoms with Gasteiger partial charge in [-0.1, -0.05) is 4.40 Å². The normalized spacial score (nSPS) is 23.9. The highest BCUT2D eigenvalue weighted by Crippen LogP contribution is 2.32. The third-order valence-corrected chi connectivity index (χ3v) is 4.47. The van der Waals surface area contributed by atoms with Crippen molar-refractivity contribution in [2.75, 3.05) is 6.54 Å². The van der Waals surface area contributed by atoms with Crippen LogP contribution in [0.25, 0.3) is 0 Å².